The van der Waals surface area contributed by atoms with E-state index in [1.165, 1.54) is 22.0 Å². The molecule has 2 aliphatic carbocycles. The van der Waals surface area contributed by atoms with Crippen molar-refractivity contribution in [3.05, 3.63) is 40.7 Å². The van der Waals surface area contributed by atoms with Gasteiger partial charge in [-0.3, -0.25) is 4.68 Å². The molecule has 5 rings (SSSR count). The number of rotatable bonds is 10. The predicted octanol–water partition coefficient (Wildman–Crippen LogP) is 6.78. The average molecular weight is 618 g/mol. The minimum Gasteiger partial charge on any atom is -0.488 e. The maximum absolute atomic E-state index is 13.1. The number of aromatic nitrogens is 4. The molecule has 2 aliphatic rings. The van der Waals surface area contributed by atoms with Gasteiger partial charge in [0.05, 0.1) is 28.9 Å². The van der Waals surface area contributed by atoms with Crippen LogP contribution < -0.4 is 21.1 Å². The van der Waals surface area contributed by atoms with Crippen LogP contribution in [-0.4, -0.2) is 45.6 Å². The molecule has 0 radical (unpaired) electrons. The summed E-state index contributed by atoms with van der Waals surface area (Å²) in [4.78, 5) is 8.96. The highest BCUT2D eigenvalue weighted by molar-refractivity contribution is 7.92. The first-order valence-corrected chi connectivity index (χ1v) is 16.9. The lowest BCUT2D eigenvalue weighted by Crippen LogP contribution is -2.26. The summed E-state index contributed by atoms with van der Waals surface area (Å²) in [5.41, 5.74) is 9.71. The van der Waals surface area contributed by atoms with E-state index in [4.69, 9.17) is 22.1 Å². The molecular formula is C30H44ClN7O3S. The Morgan fingerprint density at radius 1 is 1.12 bits per heavy atom. The minimum atomic E-state index is -3.64. The quantitative estimate of drug-likeness (QED) is 0.225. The number of anilines is 4. The van der Waals surface area contributed by atoms with Gasteiger partial charge in [-0.25, -0.2) is 13.4 Å². The Morgan fingerprint density at radius 2 is 1.81 bits per heavy atom. The maximum Gasteiger partial charge on any atom is 0.229 e. The van der Waals surface area contributed by atoms with Crippen LogP contribution in [-0.2, 0) is 16.9 Å². The van der Waals surface area contributed by atoms with E-state index < -0.39 is 15.1 Å². The summed E-state index contributed by atoms with van der Waals surface area (Å²) in [6.07, 6.45) is 10.1. The molecule has 2 saturated carbocycles. The zero-order valence-electron chi connectivity index (χ0n) is 25.4. The van der Waals surface area contributed by atoms with E-state index in [0.717, 1.165) is 50.0 Å². The Balaban J connectivity index is 0.00000198. The second-order valence-electron chi connectivity index (χ2n) is 11.1. The van der Waals surface area contributed by atoms with E-state index in [0.29, 0.717) is 30.0 Å². The number of benzene rings is 1. The third kappa shape index (κ3) is 7.36. The van der Waals surface area contributed by atoms with Gasteiger partial charge in [0.25, 0.3) is 0 Å². The fourth-order valence-corrected chi connectivity index (χ4v) is 6.68. The Labute approximate surface area is 254 Å². The van der Waals surface area contributed by atoms with Gasteiger partial charge in [0.15, 0.2) is 5.82 Å². The fourth-order valence-electron chi connectivity index (χ4n) is 5.07. The van der Waals surface area contributed by atoms with Crippen molar-refractivity contribution in [2.24, 2.45) is 12.8 Å². The first-order valence-electron chi connectivity index (χ1n) is 15.0. The molecule has 2 aromatic heterocycles. The number of ether oxygens (including phenoxy) is 1. The first-order chi connectivity index (χ1) is 20.0. The van der Waals surface area contributed by atoms with Gasteiger partial charge >= 0.3 is 0 Å². The fraction of sp³-hybridized carbons (Fsp3) is 0.567. The van der Waals surface area contributed by atoms with Crippen LogP contribution in [0.4, 0.5) is 23.1 Å². The van der Waals surface area contributed by atoms with E-state index in [1.807, 2.05) is 20.8 Å². The summed E-state index contributed by atoms with van der Waals surface area (Å²) in [5, 5.41) is 10.2. The van der Waals surface area contributed by atoms with Gasteiger partial charge < -0.3 is 21.1 Å². The summed E-state index contributed by atoms with van der Waals surface area (Å²) in [5.74, 6) is 1.82. The van der Waals surface area contributed by atoms with E-state index in [9.17, 15) is 8.42 Å². The molecule has 2 heterocycles. The highest BCUT2D eigenvalue weighted by Crippen LogP contribution is 2.41. The number of nitrogens with two attached hydrogens (primary N) is 1. The van der Waals surface area contributed by atoms with Crippen molar-refractivity contribution in [2.45, 2.75) is 108 Å². The van der Waals surface area contributed by atoms with Crippen LogP contribution in [0.15, 0.2) is 29.6 Å². The minimum absolute atomic E-state index is 0.0384. The summed E-state index contributed by atoms with van der Waals surface area (Å²) < 4.78 is 33.9. The number of aryl methyl sites for hydroxylation is 2. The predicted molar refractivity (Wildman–Crippen MR) is 169 cm³/mol. The van der Waals surface area contributed by atoms with Crippen molar-refractivity contribution in [2.75, 3.05) is 10.6 Å². The average Bonchev–Trinajstić information content (AvgIpc) is 3.71. The Kier molecular flexibility index (Phi) is 10.4. The monoisotopic (exact) mass is 617 g/mol. The number of halogens is 1. The number of nitrogens with one attached hydrogen (secondary N) is 2. The summed E-state index contributed by atoms with van der Waals surface area (Å²) >= 11 is 6.44. The van der Waals surface area contributed by atoms with Gasteiger partial charge in [-0.2, -0.15) is 10.1 Å². The van der Waals surface area contributed by atoms with Gasteiger partial charge in [0, 0.05) is 19.3 Å². The van der Waals surface area contributed by atoms with Crippen molar-refractivity contribution in [1.82, 2.24) is 19.7 Å². The Morgan fingerprint density at radius 3 is 2.45 bits per heavy atom. The van der Waals surface area contributed by atoms with Gasteiger partial charge in [-0.05, 0) is 88.0 Å². The number of nitrogens with zero attached hydrogens (tertiary/aromatic N) is 4. The van der Waals surface area contributed by atoms with Crippen LogP contribution in [0.2, 0.25) is 5.02 Å². The van der Waals surface area contributed by atoms with Gasteiger partial charge in [-0.15, -0.1) is 0 Å². The topological polar surface area (TPSA) is 137 Å². The van der Waals surface area contributed by atoms with Crippen molar-refractivity contribution in [3.8, 4) is 5.75 Å². The van der Waals surface area contributed by atoms with Crippen LogP contribution in [0.1, 0.15) is 89.7 Å². The largest absolute Gasteiger partial charge is 0.488 e. The lowest BCUT2D eigenvalue weighted by molar-refractivity contribution is 0.303. The molecule has 3 aromatic rings. The van der Waals surface area contributed by atoms with Crippen molar-refractivity contribution in [3.63, 3.8) is 0 Å². The van der Waals surface area contributed by atoms with Gasteiger partial charge in [-0.1, -0.05) is 32.4 Å². The van der Waals surface area contributed by atoms with Crippen LogP contribution in [0, 0.1) is 6.92 Å². The summed E-state index contributed by atoms with van der Waals surface area (Å²) in [6.45, 7) is 9.62. The standard InChI is InChI=1S/C28H38ClN7O3S.C2H6/c1-5-17(3)40(37,38)27-24(15-36(4)35-27)32-26-22(29)14-31-28(34-26)33-23-12-16(2)21(13-25(23)39-20-10-11-20)18-6-8-19(30)9-7-18;1-2/h12-15,17-20H,5-11,30H2,1-4H3,(H2,31,32,33,34);1-2H3. The molecule has 42 heavy (non-hydrogen) atoms. The maximum atomic E-state index is 13.1. The highest BCUT2D eigenvalue weighted by Gasteiger charge is 2.30. The highest BCUT2D eigenvalue weighted by atomic mass is 35.5. The SMILES string of the molecule is CC.CCC(C)S(=O)(=O)c1nn(C)cc1Nc1nc(Nc2cc(C)c(C3CCC(N)CC3)cc2OC2CC2)ncc1Cl. The Bertz CT molecular complexity index is 1480. The third-order valence-corrected chi connectivity index (χ3v) is 10.3. The number of hydrogen-bond donors (Lipinski definition) is 3. The molecule has 10 nitrogen and oxygen atoms in total. The zero-order chi connectivity index (χ0) is 30.6. The second-order valence-corrected chi connectivity index (χ2v) is 13.7. The van der Waals surface area contributed by atoms with E-state index in [-0.39, 0.29) is 22.0 Å². The summed E-state index contributed by atoms with van der Waals surface area (Å²) in [6, 6.07) is 4.54. The lowest BCUT2D eigenvalue weighted by atomic mass is 9.80. The molecule has 1 unspecified atom stereocenters. The van der Waals surface area contributed by atoms with Crippen molar-refractivity contribution < 1.29 is 13.2 Å². The molecule has 2 fully saturated rings. The molecule has 0 amide bonds. The van der Waals surface area contributed by atoms with E-state index >= 15 is 0 Å². The molecule has 1 atom stereocenters. The number of hydrogen-bond acceptors (Lipinski definition) is 9. The van der Waals surface area contributed by atoms with Crippen LogP contribution >= 0.6 is 11.6 Å². The van der Waals surface area contributed by atoms with Crippen LogP contribution in [0.25, 0.3) is 0 Å². The number of sulfone groups is 1. The molecular weight excluding hydrogens is 574 g/mol. The normalized spacial score (nSPS) is 19.4. The summed E-state index contributed by atoms with van der Waals surface area (Å²) in [7, 11) is -1.97. The third-order valence-electron chi connectivity index (χ3n) is 7.81. The lowest BCUT2D eigenvalue weighted by Gasteiger charge is -2.28. The first kappa shape index (κ1) is 32.0. The van der Waals surface area contributed by atoms with E-state index in [2.05, 4.69) is 44.8 Å². The van der Waals surface area contributed by atoms with E-state index in [1.54, 1.807) is 20.2 Å². The molecule has 4 N–H and O–H groups in total. The zero-order valence-corrected chi connectivity index (χ0v) is 27.0. The van der Waals surface area contributed by atoms with Crippen LogP contribution in [0.3, 0.4) is 0 Å². The van der Waals surface area contributed by atoms with Crippen molar-refractivity contribution >= 4 is 44.6 Å². The molecule has 12 heteroatoms. The smallest absolute Gasteiger partial charge is 0.229 e. The molecule has 0 spiro atoms. The second kappa shape index (κ2) is 13.6. The molecule has 0 bridgehead atoms. The van der Waals surface area contributed by atoms with Gasteiger partial charge in [0.2, 0.25) is 20.8 Å². The molecule has 230 valence electrons. The molecule has 1 aromatic carbocycles. The van der Waals surface area contributed by atoms with Crippen LogP contribution in [0.5, 0.6) is 5.75 Å². The molecule has 0 saturated heterocycles. The molecule has 0 aliphatic heterocycles. The van der Waals surface area contributed by atoms with Gasteiger partial charge in [0.1, 0.15) is 10.8 Å². The van der Waals surface area contributed by atoms with Crippen molar-refractivity contribution in [1.29, 1.82) is 0 Å². The Hall–Kier alpha value is -2.89.